The molecule has 0 saturated carbocycles. The van der Waals surface area contributed by atoms with Gasteiger partial charge in [0.05, 0.1) is 45.5 Å². The molecule has 0 atom stereocenters. The maximum absolute atomic E-state index is 14.3. The van der Waals surface area contributed by atoms with Crippen LogP contribution in [0.3, 0.4) is 0 Å². The largest absolute Gasteiger partial charge is 0.310 e. The molecule has 0 unspecified atom stereocenters. The van der Waals surface area contributed by atoms with Crippen molar-refractivity contribution in [2.45, 2.75) is 58.1 Å². The van der Waals surface area contributed by atoms with Crippen molar-refractivity contribution in [1.29, 1.82) is 0 Å². The number of anilines is 12. The van der Waals surface area contributed by atoms with Crippen molar-refractivity contribution >= 4 is 103 Å². The van der Waals surface area contributed by atoms with Gasteiger partial charge >= 0.3 is 0 Å². The molecule has 0 aromatic heterocycles. The molecule has 0 bridgehead atoms. The first-order chi connectivity index (χ1) is 43.0. The molecular weight excluding hydrogens is 1110 g/mol. The molecule has 6 nitrogen and oxygen atoms in total. The quantitative estimate of drug-likeness (QED) is 0.133. The average Bonchev–Trinajstić information content (AvgIpc) is 0.807. The number of carbonyl (C=O) groups is 2. The number of hydrogen-bond donors (Lipinski definition) is 0. The van der Waals surface area contributed by atoms with Crippen LogP contribution in [0.25, 0.3) is 11.1 Å². The van der Waals surface area contributed by atoms with Gasteiger partial charge in [0.2, 0.25) is 0 Å². The van der Waals surface area contributed by atoms with E-state index in [1.54, 1.807) is 23.5 Å². The van der Waals surface area contributed by atoms with Crippen molar-refractivity contribution in [2.75, 3.05) is 19.6 Å². The topological polar surface area (TPSA) is 47.1 Å². The van der Waals surface area contributed by atoms with Crippen LogP contribution in [-0.4, -0.2) is 11.6 Å². The summed E-state index contributed by atoms with van der Waals surface area (Å²) in [6.45, 7) is 9.23. The molecule has 0 fully saturated rings. The minimum atomic E-state index is -0.322. The van der Waals surface area contributed by atoms with Gasteiger partial charge in [0, 0.05) is 75.4 Å². The molecule has 422 valence electrons. The number of hydrogen-bond acceptors (Lipinski definition) is 8. The standard InChI is InChI=1S/C80H58N4O2S2/c1-79(2)61-17-5-8-20-65(61)81(66-21-9-6-18-62(66)79)57-39-29-51(30-40-57)77(85)52-31-41-58(42-32-52)82-67-22-10-7-19-63(67)80(3,4)64-49-55(37-47-68(64)82)56-38-48-72-76(50-56)88-75-28-16-13-25-71(75)84(72)60-45-35-54(36-46-60)78(86)53-33-43-59(44-34-53)83-69-23-11-14-26-73(69)87-74-27-15-12-24-70(74)83/h5-50H,1-4H3. The van der Waals surface area contributed by atoms with Crippen molar-refractivity contribution in [3.05, 3.63) is 324 Å². The minimum absolute atomic E-state index is 0.0203. The van der Waals surface area contributed by atoms with Crippen LogP contribution >= 0.6 is 23.5 Å². The molecule has 0 radical (unpaired) electrons. The summed E-state index contributed by atoms with van der Waals surface area (Å²) in [5.74, 6) is -0.0417. The third-order valence-electron chi connectivity index (χ3n) is 18.2. The zero-order valence-electron chi connectivity index (χ0n) is 49.0. The number of fused-ring (bicyclic) bond motifs is 8. The number of carbonyl (C=O) groups excluding carboxylic acids is 2. The molecule has 0 aliphatic carbocycles. The van der Waals surface area contributed by atoms with Crippen LogP contribution in [0.5, 0.6) is 0 Å². The third-order valence-corrected chi connectivity index (χ3v) is 20.5. The molecule has 0 saturated heterocycles. The molecule has 12 aromatic carbocycles. The van der Waals surface area contributed by atoms with Crippen molar-refractivity contribution in [1.82, 2.24) is 0 Å². The first-order valence-electron chi connectivity index (χ1n) is 29.9. The van der Waals surface area contributed by atoms with Gasteiger partial charge in [-0.25, -0.2) is 0 Å². The van der Waals surface area contributed by atoms with E-state index in [0.717, 1.165) is 89.2 Å². The second-order valence-corrected chi connectivity index (χ2v) is 26.2. The number of para-hydroxylation sites is 6. The summed E-state index contributed by atoms with van der Waals surface area (Å²) >= 11 is 3.57. The van der Waals surface area contributed by atoms with E-state index < -0.39 is 0 Å². The van der Waals surface area contributed by atoms with Crippen LogP contribution in [0.15, 0.2) is 299 Å². The number of nitrogens with zero attached hydrogens (tertiary/aromatic N) is 4. The van der Waals surface area contributed by atoms with Crippen LogP contribution in [0.1, 0.15) is 81.8 Å². The van der Waals surface area contributed by atoms with Gasteiger partial charge in [0.1, 0.15) is 0 Å². The van der Waals surface area contributed by atoms with E-state index in [0.29, 0.717) is 22.3 Å². The summed E-state index contributed by atoms with van der Waals surface area (Å²) in [4.78, 5) is 42.5. The molecule has 0 spiro atoms. The molecule has 8 heteroatoms. The fourth-order valence-electron chi connectivity index (χ4n) is 13.7. The van der Waals surface area contributed by atoms with Crippen LogP contribution < -0.4 is 19.6 Å². The van der Waals surface area contributed by atoms with Gasteiger partial charge in [0.15, 0.2) is 11.6 Å². The Morgan fingerprint density at radius 2 is 0.523 bits per heavy atom. The Hall–Kier alpha value is -10.1. The Morgan fingerprint density at radius 3 is 0.898 bits per heavy atom. The van der Waals surface area contributed by atoms with Gasteiger partial charge < -0.3 is 19.6 Å². The highest BCUT2D eigenvalue weighted by atomic mass is 32.2. The van der Waals surface area contributed by atoms with Gasteiger partial charge in [-0.05, 0) is 209 Å². The van der Waals surface area contributed by atoms with Crippen molar-refractivity contribution in [2.24, 2.45) is 0 Å². The first-order valence-corrected chi connectivity index (χ1v) is 31.5. The van der Waals surface area contributed by atoms with Crippen LogP contribution in [-0.2, 0) is 10.8 Å². The van der Waals surface area contributed by atoms with Gasteiger partial charge in [0.25, 0.3) is 0 Å². The lowest BCUT2D eigenvalue weighted by atomic mass is 9.73. The number of benzene rings is 12. The Kier molecular flexibility index (Phi) is 12.6. The van der Waals surface area contributed by atoms with Gasteiger partial charge in [-0.2, -0.15) is 0 Å². The van der Waals surface area contributed by atoms with Crippen molar-refractivity contribution < 1.29 is 9.59 Å². The van der Waals surface area contributed by atoms with Crippen LogP contribution in [0.4, 0.5) is 68.2 Å². The molecule has 4 heterocycles. The highest BCUT2D eigenvalue weighted by Gasteiger charge is 2.39. The predicted octanol–water partition coefficient (Wildman–Crippen LogP) is 21.9. The molecule has 0 N–H and O–H groups in total. The molecular formula is C80H58N4O2S2. The molecule has 4 aliphatic heterocycles. The fraction of sp³-hybridized carbons (Fsp3) is 0.0750. The lowest BCUT2D eigenvalue weighted by Crippen LogP contribution is -2.30. The van der Waals surface area contributed by atoms with Crippen LogP contribution in [0, 0.1) is 0 Å². The van der Waals surface area contributed by atoms with Crippen molar-refractivity contribution in [3.8, 4) is 11.1 Å². The SMILES string of the molecule is CC1(C)c2ccccc2N(c2ccc(C(=O)c3ccc(N4c5ccccc5C(C)(C)c5cc(-c6ccc7c(c6)Sc6ccccc6N7c6ccc(C(=O)c7ccc(N8c9ccccc9Sc9ccccc98)cc7)cc6)ccc54)cc3)cc2)c2ccccc21. The lowest BCUT2D eigenvalue weighted by molar-refractivity contribution is 0.103. The van der Waals surface area contributed by atoms with Gasteiger partial charge in [-0.1, -0.05) is 154 Å². The summed E-state index contributed by atoms with van der Waals surface area (Å²) in [6, 6.07) is 97.3. The Labute approximate surface area is 522 Å². The summed E-state index contributed by atoms with van der Waals surface area (Å²) in [6.07, 6.45) is 0. The zero-order valence-corrected chi connectivity index (χ0v) is 50.6. The van der Waals surface area contributed by atoms with E-state index in [9.17, 15) is 9.59 Å². The summed E-state index contributed by atoms with van der Waals surface area (Å²) in [7, 11) is 0. The van der Waals surface area contributed by atoms with Gasteiger partial charge in [-0.3, -0.25) is 9.59 Å². The minimum Gasteiger partial charge on any atom is -0.310 e. The predicted molar refractivity (Wildman–Crippen MR) is 363 cm³/mol. The third kappa shape index (κ3) is 8.64. The van der Waals surface area contributed by atoms with E-state index in [2.05, 4.69) is 278 Å². The highest BCUT2D eigenvalue weighted by molar-refractivity contribution is 8.00. The van der Waals surface area contributed by atoms with E-state index >= 15 is 0 Å². The number of rotatable bonds is 9. The fourth-order valence-corrected chi connectivity index (χ4v) is 15.8. The average molecular weight is 1170 g/mol. The molecule has 12 aromatic rings. The summed E-state index contributed by atoms with van der Waals surface area (Å²) in [5.41, 5.74) is 22.3. The monoisotopic (exact) mass is 1170 g/mol. The maximum Gasteiger partial charge on any atom is 0.193 e. The van der Waals surface area contributed by atoms with E-state index in [-0.39, 0.29) is 22.4 Å². The smallest absolute Gasteiger partial charge is 0.193 e. The van der Waals surface area contributed by atoms with E-state index in [4.69, 9.17) is 0 Å². The molecule has 0 amide bonds. The number of ketones is 2. The highest BCUT2D eigenvalue weighted by Crippen LogP contribution is 2.57. The Bertz CT molecular complexity index is 4710. The zero-order chi connectivity index (χ0) is 59.4. The van der Waals surface area contributed by atoms with Crippen LogP contribution in [0.2, 0.25) is 0 Å². The summed E-state index contributed by atoms with van der Waals surface area (Å²) in [5, 5.41) is 0. The first kappa shape index (κ1) is 53.4. The second kappa shape index (κ2) is 20.8. The lowest BCUT2D eigenvalue weighted by Gasteiger charge is -2.42. The van der Waals surface area contributed by atoms with Crippen molar-refractivity contribution in [3.63, 3.8) is 0 Å². The van der Waals surface area contributed by atoms with Gasteiger partial charge in [-0.15, -0.1) is 0 Å². The summed E-state index contributed by atoms with van der Waals surface area (Å²) < 4.78 is 0. The molecule has 4 aliphatic rings. The maximum atomic E-state index is 14.3. The Morgan fingerprint density at radius 1 is 0.261 bits per heavy atom. The van der Waals surface area contributed by atoms with E-state index in [1.165, 1.54) is 32.0 Å². The molecule has 88 heavy (non-hydrogen) atoms. The van der Waals surface area contributed by atoms with E-state index in [1.807, 2.05) is 48.5 Å². The Balaban J connectivity index is 0.668. The second-order valence-electron chi connectivity index (χ2n) is 24.0. The molecule has 16 rings (SSSR count). The normalized spacial score (nSPS) is 14.5.